The molecule has 0 atom stereocenters. The van der Waals surface area contributed by atoms with Gasteiger partial charge < -0.3 is 8.98 Å². The molecule has 0 spiro atoms. The van der Waals surface area contributed by atoms with Crippen molar-refractivity contribution in [3.63, 3.8) is 0 Å². The van der Waals surface area contributed by atoms with Crippen LogP contribution in [0.15, 0.2) is 174 Å². The molecule has 4 nitrogen and oxygen atoms in total. The summed E-state index contributed by atoms with van der Waals surface area (Å²) in [6.07, 6.45) is 0. The zero-order valence-corrected chi connectivity index (χ0v) is 27.9. The summed E-state index contributed by atoms with van der Waals surface area (Å²) in [6, 6.07) is 59.3. The summed E-state index contributed by atoms with van der Waals surface area (Å²) in [6.45, 7) is 2.13. The van der Waals surface area contributed by atoms with E-state index in [1.807, 2.05) is 24.3 Å². The molecule has 0 unspecified atom stereocenters. The Kier molecular flexibility index (Phi) is 6.68. The molecule has 0 aliphatic heterocycles. The number of hydrogen-bond donors (Lipinski definition) is 0. The van der Waals surface area contributed by atoms with Crippen LogP contribution in [0.3, 0.4) is 0 Å². The van der Waals surface area contributed by atoms with Crippen LogP contribution in [0.4, 0.5) is 0 Å². The highest BCUT2D eigenvalue weighted by Gasteiger charge is 2.22. The maximum absolute atomic E-state index is 6.83. The van der Waals surface area contributed by atoms with Crippen molar-refractivity contribution in [1.82, 2.24) is 14.5 Å². The lowest BCUT2D eigenvalue weighted by Gasteiger charge is -2.15. The van der Waals surface area contributed by atoms with Crippen LogP contribution in [0.1, 0.15) is 5.56 Å². The molecule has 0 aliphatic carbocycles. The van der Waals surface area contributed by atoms with E-state index in [-0.39, 0.29) is 0 Å². The van der Waals surface area contributed by atoms with Gasteiger partial charge >= 0.3 is 0 Å². The SMILES string of the molecule is Cc1c(-c2ccc(-c3ccccc3)cc2)nc(-c2ccccc2)nc1-c1cccc2oc3c(-n4c5ccccc5c5ccccc54)cccc3c12. The van der Waals surface area contributed by atoms with Gasteiger partial charge in [0, 0.05) is 43.8 Å². The second-order valence-corrected chi connectivity index (χ2v) is 13.0. The van der Waals surface area contributed by atoms with E-state index >= 15 is 0 Å². The minimum absolute atomic E-state index is 0.689. The quantitative estimate of drug-likeness (QED) is 0.186. The van der Waals surface area contributed by atoms with E-state index < -0.39 is 0 Å². The van der Waals surface area contributed by atoms with Gasteiger partial charge in [-0.25, -0.2) is 9.97 Å². The summed E-state index contributed by atoms with van der Waals surface area (Å²) in [5.41, 5.74) is 13.2. The molecule has 3 aromatic heterocycles. The van der Waals surface area contributed by atoms with Crippen molar-refractivity contribution >= 4 is 43.7 Å². The lowest BCUT2D eigenvalue weighted by molar-refractivity contribution is 0.666. The molecule has 10 aromatic rings. The van der Waals surface area contributed by atoms with Crippen LogP contribution in [-0.4, -0.2) is 14.5 Å². The van der Waals surface area contributed by atoms with E-state index in [9.17, 15) is 0 Å². The molecule has 7 aromatic carbocycles. The molecule has 4 heteroatoms. The third-order valence-corrected chi connectivity index (χ3v) is 10.0. The van der Waals surface area contributed by atoms with Crippen LogP contribution < -0.4 is 0 Å². The zero-order chi connectivity index (χ0) is 33.9. The number of furan rings is 1. The van der Waals surface area contributed by atoms with Crippen molar-refractivity contribution in [2.45, 2.75) is 6.92 Å². The molecule has 0 saturated heterocycles. The second-order valence-electron chi connectivity index (χ2n) is 13.0. The van der Waals surface area contributed by atoms with Gasteiger partial charge in [0.15, 0.2) is 11.4 Å². The molecule has 0 bridgehead atoms. The molecule has 0 aliphatic rings. The largest absolute Gasteiger partial charge is 0.454 e. The van der Waals surface area contributed by atoms with Crippen LogP contribution in [0.25, 0.3) is 94.5 Å². The van der Waals surface area contributed by atoms with E-state index in [4.69, 9.17) is 14.4 Å². The van der Waals surface area contributed by atoms with E-state index in [1.165, 1.54) is 21.9 Å². The Balaban J connectivity index is 1.21. The molecule has 3 heterocycles. The summed E-state index contributed by atoms with van der Waals surface area (Å²) in [5, 5.41) is 4.53. The highest BCUT2D eigenvalue weighted by Crippen LogP contribution is 2.43. The third-order valence-electron chi connectivity index (χ3n) is 10.0. The predicted molar refractivity (Wildman–Crippen MR) is 210 cm³/mol. The zero-order valence-electron chi connectivity index (χ0n) is 27.9. The van der Waals surface area contributed by atoms with Crippen LogP contribution in [0.5, 0.6) is 0 Å². The Bertz CT molecular complexity index is 2850. The smallest absolute Gasteiger partial charge is 0.160 e. The first-order valence-electron chi connectivity index (χ1n) is 17.3. The number of fused-ring (bicyclic) bond motifs is 6. The Morgan fingerprint density at radius 2 is 1.00 bits per heavy atom. The van der Waals surface area contributed by atoms with Gasteiger partial charge in [0.1, 0.15) is 5.58 Å². The first kappa shape index (κ1) is 29.2. The van der Waals surface area contributed by atoms with Gasteiger partial charge in [-0.3, -0.25) is 0 Å². The van der Waals surface area contributed by atoms with Crippen molar-refractivity contribution < 1.29 is 4.42 Å². The number of nitrogens with zero attached hydrogens (tertiary/aromatic N) is 3. The number of aromatic nitrogens is 3. The van der Waals surface area contributed by atoms with Crippen LogP contribution in [-0.2, 0) is 0 Å². The Hall–Kier alpha value is -6.78. The van der Waals surface area contributed by atoms with Crippen molar-refractivity contribution in [2.24, 2.45) is 0 Å². The van der Waals surface area contributed by atoms with Crippen LogP contribution >= 0.6 is 0 Å². The molecule has 240 valence electrons. The first-order valence-corrected chi connectivity index (χ1v) is 17.3. The van der Waals surface area contributed by atoms with Crippen LogP contribution in [0.2, 0.25) is 0 Å². The molecular formula is C47H31N3O. The molecule has 0 fully saturated rings. The molecule has 0 radical (unpaired) electrons. The Morgan fingerprint density at radius 1 is 0.451 bits per heavy atom. The number of para-hydroxylation sites is 3. The molecule has 0 N–H and O–H groups in total. The van der Waals surface area contributed by atoms with Gasteiger partial charge in [-0.2, -0.15) is 0 Å². The van der Waals surface area contributed by atoms with Gasteiger partial charge in [-0.15, -0.1) is 0 Å². The van der Waals surface area contributed by atoms with Crippen LogP contribution in [0, 0.1) is 6.92 Å². The van der Waals surface area contributed by atoms with Crippen molar-refractivity contribution in [3.05, 3.63) is 175 Å². The number of benzene rings is 7. The average Bonchev–Trinajstić information content (AvgIpc) is 3.75. The Labute approximate surface area is 294 Å². The third kappa shape index (κ3) is 4.68. The van der Waals surface area contributed by atoms with Crippen molar-refractivity contribution in [3.8, 4) is 50.7 Å². The highest BCUT2D eigenvalue weighted by molar-refractivity contribution is 6.16. The standard InChI is InChI=1S/C47H31N3O/c1-30-44(33-28-26-32(27-29-33)31-14-4-2-5-15-31)48-47(34-16-6-3-7-17-34)49-45(30)37-20-13-25-42-43(37)38-21-12-24-41(46(38)51-42)50-39-22-10-8-18-35(39)36-19-9-11-23-40(36)50/h2-29H,1H3. The lowest BCUT2D eigenvalue weighted by atomic mass is 9.96. The highest BCUT2D eigenvalue weighted by atomic mass is 16.3. The fraction of sp³-hybridized carbons (Fsp3) is 0.0213. The topological polar surface area (TPSA) is 43.9 Å². The monoisotopic (exact) mass is 653 g/mol. The van der Waals surface area contributed by atoms with E-state index in [1.54, 1.807) is 0 Å². The number of hydrogen-bond acceptors (Lipinski definition) is 3. The summed E-state index contributed by atoms with van der Waals surface area (Å²) in [4.78, 5) is 10.5. The van der Waals surface area contributed by atoms with Crippen molar-refractivity contribution in [2.75, 3.05) is 0 Å². The van der Waals surface area contributed by atoms with E-state index in [0.29, 0.717) is 5.82 Å². The van der Waals surface area contributed by atoms with Gasteiger partial charge in [0.25, 0.3) is 0 Å². The molecule has 51 heavy (non-hydrogen) atoms. The minimum atomic E-state index is 0.689. The average molecular weight is 654 g/mol. The minimum Gasteiger partial charge on any atom is -0.454 e. The summed E-state index contributed by atoms with van der Waals surface area (Å²) in [5.74, 6) is 0.689. The van der Waals surface area contributed by atoms with Gasteiger partial charge in [0.05, 0.1) is 28.1 Å². The van der Waals surface area contributed by atoms with Crippen molar-refractivity contribution in [1.29, 1.82) is 0 Å². The molecule has 0 amide bonds. The summed E-state index contributed by atoms with van der Waals surface area (Å²) >= 11 is 0. The molecule has 0 saturated carbocycles. The van der Waals surface area contributed by atoms with Gasteiger partial charge in [0.2, 0.25) is 0 Å². The normalized spacial score (nSPS) is 11.6. The second kappa shape index (κ2) is 11.7. The lowest BCUT2D eigenvalue weighted by Crippen LogP contribution is -2.00. The summed E-state index contributed by atoms with van der Waals surface area (Å²) < 4.78 is 9.16. The van der Waals surface area contributed by atoms with E-state index in [2.05, 4.69) is 157 Å². The maximum Gasteiger partial charge on any atom is 0.160 e. The number of rotatable bonds is 5. The van der Waals surface area contributed by atoms with Gasteiger partial charge in [-0.05, 0) is 42.3 Å². The maximum atomic E-state index is 6.83. The predicted octanol–water partition coefficient (Wildman–Crippen LogP) is 12.4. The Morgan fingerprint density at radius 3 is 1.71 bits per heavy atom. The molecule has 10 rings (SSSR count). The first-order chi connectivity index (χ1) is 25.2. The fourth-order valence-electron chi connectivity index (χ4n) is 7.62. The molecular weight excluding hydrogens is 623 g/mol. The summed E-state index contributed by atoms with van der Waals surface area (Å²) in [7, 11) is 0. The van der Waals surface area contributed by atoms with Gasteiger partial charge in [-0.1, -0.05) is 146 Å². The van der Waals surface area contributed by atoms with E-state index in [0.717, 1.165) is 72.3 Å². The fourth-order valence-corrected chi connectivity index (χ4v) is 7.62.